The number of aryl methyl sites for hydroxylation is 1. The van der Waals surface area contributed by atoms with Crippen LogP contribution in [0.4, 0.5) is 0 Å². The van der Waals surface area contributed by atoms with Gasteiger partial charge in [-0.05, 0) is 50.7 Å². The molecule has 0 radical (unpaired) electrons. The Morgan fingerprint density at radius 2 is 1.79 bits per heavy atom. The van der Waals surface area contributed by atoms with Crippen molar-refractivity contribution in [2.75, 3.05) is 6.54 Å². The molecule has 1 heterocycles. The van der Waals surface area contributed by atoms with E-state index in [1.165, 1.54) is 4.90 Å². The molecule has 5 nitrogen and oxygen atoms in total. The third kappa shape index (κ3) is 3.35. The van der Waals surface area contributed by atoms with Crippen molar-refractivity contribution in [3.05, 3.63) is 34.9 Å². The summed E-state index contributed by atoms with van der Waals surface area (Å²) < 4.78 is 0. The summed E-state index contributed by atoms with van der Waals surface area (Å²) >= 11 is 0. The maximum atomic E-state index is 12.4. The maximum Gasteiger partial charge on any atom is 0.261 e. The minimum Gasteiger partial charge on any atom is -0.353 e. The zero-order valence-electron chi connectivity index (χ0n) is 14.3. The highest BCUT2D eigenvalue weighted by Crippen LogP contribution is 2.25. The number of amides is 3. The lowest BCUT2D eigenvalue weighted by Gasteiger charge is -2.27. The molecule has 128 valence electrons. The maximum absolute atomic E-state index is 12.4. The lowest BCUT2D eigenvalue weighted by atomic mass is 9.87. The van der Waals surface area contributed by atoms with Crippen molar-refractivity contribution in [3.8, 4) is 0 Å². The molecule has 0 atom stereocenters. The third-order valence-corrected chi connectivity index (χ3v) is 5.07. The van der Waals surface area contributed by atoms with Gasteiger partial charge in [0.25, 0.3) is 11.8 Å². The minimum atomic E-state index is -0.297. The standard InChI is InChI=1S/C19H24N2O3/c1-12-3-6-14(7-4-12)20-17(22)9-10-21-18(23)15-8-5-13(2)11-16(15)19(21)24/h5,8,11-12,14H,3-4,6-7,9-10H2,1-2H3,(H,20,22). The minimum absolute atomic E-state index is 0.0812. The van der Waals surface area contributed by atoms with Crippen LogP contribution >= 0.6 is 0 Å². The molecule has 3 rings (SSSR count). The molecule has 1 aliphatic carbocycles. The highest BCUT2D eigenvalue weighted by Gasteiger charge is 2.35. The van der Waals surface area contributed by atoms with Crippen molar-refractivity contribution < 1.29 is 14.4 Å². The number of rotatable bonds is 4. The van der Waals surface area contributed by atoms with Gasteiger partial charge in [0.1, 0.15) is 0 Å². The summed E-state index contributed by atoms with van der Waals surface area (Å²) in [5.41, 5.74) is 1.83. The largest absolute Gasteiger partial charge is 0.353 e. The van der Waals surface area contributed by atoms with Gasteiger partial charge in [0.05, 0.1) is 11.1 Å². The highest BCUT2D eigenvalue weighted by molar-refractivity contribution is 6.21. The molecule has 1 aromatic carbocycles. The topological polar surface area (TPSA) is 66.5 Å². The Labute approximate surface area is 142 Å². The van der Waals surface area contributed by atoms with Crippen molar-refractivity contribution in [1.29, 1.82) is 0 Å². The lowest BCUT2D eigenvalue weighted by molar-refractivity contribution is -0.122. The van der Waals surface area contributed by atoms with Gasteiger partial charge in [0.2, 0.25) is 5.91 Å². The quantitative estimate of drug-likeness (QED) is 0.864. The van der Waals surface area contributed by atoms with Gasteiger partial charge in [-0.15, -0.1) is 0 Å². The summed E-state index contributed by atoms with van der Waals surface area (Å²) in [6, 6.07) is 5.48. The van der Waals surface area contributed by atoms with Crippen LogP contribution in [0.25, 0.3) is 0 Å². The van der Waals surface area contributed by atoms with Crippen LogP contribution in [0, 0.1) is 12.8 Å². The van der Waals surface area contributed by atoms with Crippen LogP contribution in [0.15, 0.2) is 18.2 Å². The van der Waals surface area contributed by atoms with E-state index in [2.05, 4.69) is 12.2 Å². The van der Waals surface area contributed by atoms with E-state index >= 15 is 0 Å². The second-order valence-corrected chi connectivity index (χ2v) is 7.09. The molecule has 0 spiro atoms. The van der Waals surface area contributed by atoms with E-state index in [-0.39, 0.29) is 36.7 Å². The molecule has 1 aromatic rings. The number of nitrogens with zero attached hydrogens (tertiary/aromatic N) is 1. The first-order valence-electron chi connectivity index (χ1n) is 8.72. The monoisotopic (exact) mass is 328 g/mol. The van der Waals surface area contributed by atoms with Crippen molar-refractivity contribution in [2.45, 2.75) is 52.0 Å². The smallest absolute Gasteiger partial charge is 0.261 e. The van der Waals surface area contributed by atoms with Crippen LogP contribution in [0.5, 0.6) is 0 Å². The molecule has 0 aromatic heterocycles. The summed E-state index contributed by atoms with van der Waals surface area (Å²) in [5.74, 6) is 0.0644. The summed E-state index contributed by atoms with van der Waals surface area (Å²) in [7, 11) is 0. The van der Waals surface area contributed by atoms with E-state index in [0.29, 0.717) is 11.1 Å². The Bertz CT molecular complexity index is 675. The molecule has 2 aliphatic rings. The number of benzene rings is 1. The normalized spacial score (nSPS) is 23.3. The average Bonchev–Trinajstić information content (AvgIpc) is 2.78. The summed E-state index contributed by atoms with van der Waals surface area (Å²) in [4.78, 5) is 38.0. The summed E-state index contributed by atoms with van der Waals surface area (Å²) in [5, 5.41) is 3.04. The van der Waals surface area contributed by atoms with Crippen LogP contribution in [0.1, 0.15) is 65.3 Å². The van der Waals surface area contributed by atoms with Gasteiger partial charge in [-0.2, -0.15) is 0 Å². The molecule has 0 saturated heterocycles. The number of carbonyl (C=O) groups excluding carboxylic acids is 3. The van der Waals surface area contributed by atoms with E-state index < -0.39 is 0 Å². The predicted molar refractivity (Wildman–Crippen MR) is 90.7 cm³/mol. The fourth-order valence-corrected chi connectivity index (χ4v) is 3.53. The van der Waals surface area contributed by atoms with Crippen LogP contribution in [-0.4, -0.2) is 35.2 Å². The molecule has 1 fully saturated rings. The van der Waals surface area contributed by atoms with Gasteiger partial charge >= 0.3 is 0 Å². The van der Waals surface area contributed by atoms with Crippen LogP contribution in [0.3, 0.4) is 0 Å². The van der Waals surface area contributed by atoms with Gasteiger partial charge in [-0.3, -0.25) is 19.3 Å². The Kier molecular flexibility index (Phi) is 4.69. The average molecular weight is 328 g/mol. The van der Waals surface area contributed by atoms with Crippen molar-refractivity contribution in [1.82, 2.24) is 10.2 Å². The van der Waals surface area contributed by atoms with Gasteiger partial charge in [-0.25, -0.2) is 0 Å². The van der Waals surface area contributed by atoms with E-state index in [4.69, 9.17) is 0 Å². The Balaban J connectivity index is 1.55. The molecule has 1 aliphatic heterocycles. The molecule has 5 heteroatoms. The number of carbonyl (C=O) groups is 3. The lowest BCUT2D eigenvalue weighted by Crippen LogP contribution is -2.40. The molecule has 24 heavy (non-hydrogen) atoms. The highest BCUT2D eigenvalue weighted by atomic mass is 16.2. The summed E-state index contributed by atoms with van der Waals surface area (Å²) in [6.45, 7) is 4.27. The molecule has 3 amide bonds. The first-order valence-corrected chi connectivity index (χ1v) is 8.72. The van der Waals surface area contributed by atoms with Gasteiger partial charge in [-0.1, -0.05) is 18.6 Å². The fraction of sp³-hybridized carbons (Fsp3) is 0.526. The zero-order valence-corrected chi connectivity index (χ0v) is 14.3. The van der Waals surface area contributed by atoms with Crippen LogP contribution in [-0.2, 0) is 4.79 Å². The van der Waals surface area contributed by atoms with Crippen LogP contribution in [0.2, 0.25) is 0 Å². The molecular formula is C19H24N2O3. The number of hydrogen-bond donors (Lipinski definition) is 1. The Hall–Kier alpha value is -2.17. The van der Waals surface area contributed by atoms with Gasteiger partial charge in [0.15, 0.2) is 0 Å². The van der Waals surface area contributed by atoms with Crippen molar-refractivity contribution >= 4 is 17.7 Å². The molecule has 0 bridgehead atoms. The Morgan fingerprint density at radius 3 is 2.50 bits per heavy atom. The van der Waals surface area contributed by atoms with Gasteiger partial charge < -0.3 is 5.32 Å². The first-order chi connectivity index (χ1) is 11.5. The number of hydrogen-bond acceptors (Lipinski definition) is 3. The molecule has 1 saturated carbocycles. The molecular weight excluding hydrogens is 304 g/mol. The van der Waals surface area contributed by atoms with Crippen molar-refractivity contribution in [3.63, 3.8) is 0 Å². The number of fused-ring (bicyclic) bond motifs is 1. The van der Waals surface area contributed by atoms with Gasteiger partial charge in [0, 0.05) is 19.0 Å². The third-order valence-electron chi connectivity index (χ3n) is 5.07. The number of imide groups is 1. The number of nitrogens with one attached hydrogen (secondary N) is 1. The van der Waals surface area contributed by atoms with Crippen molar-refractivity contribution in [2.24, 2.45) is 5.92 Å². The van der Waals surface area contributed by atoms with E-state index in [1.54, 1.807) is 12.1 Å². The van der Waals surface area contributed by atoms with E-state index in [1.807, 2.05) is 13.0 Å². The fourth-order valence-electron chi connectivity index (χ4n) is 3.53. The molecule has 0 unspecified atom stereocenters. The molecule has 1 N–H and O–H groups in total. The second kappa shape index (κ2) is 6.75. The van der Waals surface area contributed by atoms with E-state index in [9.17, 15) is 14.4 Å². The van der Waals surface area contributed by atoms with E-state index in [0.717, 1.165) is 37.2 Å². The second-order valence-electron chi connectivity index (χ2n) is 7.09. The summed E-state index contributed by atoms with van der Waals surface area (Å²) in [6.07, 6.45) is 4.47. The van der Waals surface area contributed by atoms with Crippen LogP contribution < -0.4 is 5.32 Å². The SMILES string of the molecule is Cc1ccc2c(c1)C(=O)N(CCC(=O)NC1CCC(C)CC1)C2=O. The first kappa shape index (κ1) is 16.7. The predicted octanol–water partition coefficient (Wildman–Crippen LogP) is 2.68. The Morgan fingerprint density at radius 1 is 1.12 bits per heavy atom. The zero-order chi connectivity index (χ0) is 17.3.